The van der Waals surface area contributed by atoms with Crippen LogP contribution in [0.15, 0.2) is 4.99 Å². The molecule has 9 heavy (non-hydrogen) atoms. The molecule has 0 aliphatic carbocycles. The standard InChI is InChI=1S/C3H5NO.CHF3/c1-2-5-3-4-1;2-1(3)4/h3H,1-2H2;1H. The van der Waals surface area contributed by atoms with E-state index in [-0.39, 0.29) is 0 Å². The topological polar surface area (TPSA) is 21.6 Å². The monoisotopic (exact) mass is 141 g/mol. The second-order valence-electron chi connectivity index (χ2n) is 1.13. The predicted octanol–water partition coefficient (Wildman–Crippen LogP) is 1.22. The fourth-order valence-corrected chi connectivity index (χ4v) is 0.264. The van der Waals surface area contributed by atoms with Crippen LogP contribution in [0.4, 0.5) is 13.2 Å². The molecule has 54 valence electrons. The number of alkyl halides is 3. The van der Waals surface area contributed by atoms with Gasteiger partial charge in [-0.1, -0.05) is 0 Å². The highest BCUT2D eigenvalue weighted by molar-refractivity contribution is 5.47. The molecule has 1 aliphatic rings. The van der Waals surface area contributed by atoms with E-state index in [4.69, 9.17) is 0 Å². The smallest absolute Gasteiger partial charge is 0.379 e. The molecule has 0 aromatic carbocycles. The summed E-state index contributed by atoms with van der Waals surface area (Å²) >= 11 is 0. The van der Waals surface area contributed by atoms with E-state index >= 15 is 0 Å². The molecule has 2 nitrogen and oxygen atoms in total. The fourth-order valence-electron chi connectivity index (χ4n) is 0.264. The number of hydrogen-bond acceptors (Lipinski definition) is 2. The maximum atomic E-state index is 9.67. The highest BCUT2D eigenvalue weighted by Gasteiger charge is 1.86. The number of nitrogens with zero attached hydrogens (tertiary/aromatic N) is 1. The van der Waals surface area contributed by atoms with Gasteiger partial charge >= 0.3 is 6.68 Å². The van der Waals surface area contributed by atoms with Gasteiger partial charge in [0.2, 0.25) is 0 Å². The Morgan fingerprint density at radius 2 is 2.00 bits per heavy atom. The van der Waals surface area contributed by atoms with Gasteiger partial charge < -0.3 is 4.74 Å². The van der Waals surface area contributed by atoms with E-state index in [1.54, 1.807) is 0 Å². The molecule has 0 unspecified atom stereocenters. The molecule has 1 heterocycles. The fraction of sp³-hybridized carbons (Fsp3) is 0.750. The molecule has 1 aliphatic heterocycles. The van der Waals surface area contributed by atoms with Crippen molar-refractivity contribution in [1.82, 2.24) is 0 Å². The van der Waals surface area contributed by atoms with Crippen molar-refractivity contribution in [3.05, 3.63) is 0 Å². The van der Waals surface area contributed by atoms with Crippen molar-refractivity contribution in [3.8, 4) is 0 Å². The van der Waals surface area contributed by atoms with Crippen LogP contribution in [0.25, 0.3) is 0 Å². The van der Waals surface area contributed by atoms with Crippen molar-refractivity contribution in [2.75, 3.05) is 13.2 Å². The van der Waals surface area contributed by atoms with Gasteiger partial charge in [-0.15, -0.1) is 0 Å². The summed E-state index contributed by atoms with van der Waals surface area (Å²) in [5.74, 6) is 0. The number of halogens is 3. The second kappa shape index (κ2) is 5.40. The average Bonchev–Trinajstić information content (AvgIpc) is 2.11. The summed E-state index contributed by atoms with van der Waals surface area (Å²) in [5, 5.41) is 0. The predicted molar refractivity (Wildman–Crippen MR) is 26.4 cm³/mol. The summed E-state index contributed by atoms with van der Waals surface area (Å²) in [6.07, 6.45) is 1.49. The Labute approximate surface area is 50.3 Å². The Kier molecular flexibility index (Phi) is 4.95. The van der Waals surface area contributed by atoms with Crippen molar-refractivity contribution in [2.45, 2.75) is 6.68 Å². The number of hydrogen-bond donors (Lipinski definition) is 0. The summed E-state index contributed by atoms with van der Waals surface area (Å²) < 4.78 is 33.7. The van der Waals surface area contributed by atoms with Crippen LogP contribution in [0.1, 0.15) is 0 Å². The maximum Gasteiger partial charge on any atom is 0.379 e. The lowest BCUT2D eigenvalue weighted by Crippen LogP contribution is -1.80. The lowest BCUT2D eigenvalue weighted by Gasteiger charge is -1.76. The van der Waals surface area contributed by atoms with Crippen molar-refractivity contribution in [3.63, 3.8) is 0 Å². The summed E-state index contributed by atoms with van der Waals surface area (Å²) in [6.45, 7) is -2.04. The number of ether oxygens (including phenoxy) is 1. The van der Waals surface area contributed by atoms with E-state index in [2.05, 4.69) is 9.73 Å². The maximum absolute atomic E-state index is 9.67. The Morgan fingerprint density at radius 3 is 2.11 bits per heavy atom. The van der Waals surface area contributed by atoms with Crippen molar-refractivity contribution < 1.29 is 17.9 Å². The first-order valence-corrected chi connectivity index (χ1v) is 2.25. The van der Waals surface area contributed by atoms with E-state index in [0.29, 0.717) is 0 Å². The lowest BCUT2D eigenvalue weighted by molar-refractivity contribution is 0.00819. The first kappa shape index (κ1) is 8.26. The van der Waals surface area contributed by atoms with Crippen LogP contribution < -0.4 is 0 Å². The zero-order valence-electron chi connectivity index (χ0n) is 4.56. The molecular weight excluding hydrogens is 135 g/mol. The highest BCUT2D eigenvalue weighted by atomic mass is 19.4. The zero-order chi connectivity index (χ0) is 7.11. The van der Waals surface area contributed by atoms with Crippen LogP contribution in [0, 0.1) is 0 Å². The lowest BCUT2D eigenvalue weighted by atomic mass is 10.8. The van der Waals surface area contributed by atoms with Gasteiger partial charge in [0.25, 0.3) is 0 Å². The van der Waals surface area contributed by atoms with Gasteiger partial charge in [-0.25, -0.2) is 0 Å². The molecule has 0 saturated heterocycles. The zero-order valence-corrected chi connectivity index (χ0v) is 4.56. The van der Waals surface area contributed by atoms with Gasteiger partial charge in [-0.05, 0) is 0 Å². The average molecular weight is 141 g/mol. The molecule has 0 bridgehead atoms. The third-order valence-electron chi connectivity index (χ3n) is 0.487. The van der Waals surface area contributed by atoms with Crippen LogP contribution in [0.2, 0.25) is 0 Å². The first-order valence-electron chi connectivity index (χ1n) is 2.25. The molecule has 5 heteroatoms. The molecule has 0 amide bonds. The van der Waals surface area contributed by atoms with E-state index in [1.807, 2.05) is 0 Å². The van der Waals surface area contributed by atoms with Crippen LogP contribution in [-0.4, -0.2) is 26.2 Å². The molecule has 0 spiro atoms. The summed E-state index contributed by atoms with van der Waals surface area (Å²) in [6, 6.07) is 0. The van der Waals surface area contributed by atoms with E-state index in [1.165, 1.54) is 6.40 Å². The van der Waals surface area contributed by atoms with Crippen molar-refractivity contribution in [1.29, 1.82) is 0 Å². The molecule has 0 fully saturated rings. The molecule has 0 aromatic heterocycles. The van der Waals surface area contributed by atoms with Gasteiger partial charge in [-0.2, -0.15) is 13.2 Å². The largest absolute Gasteiger partial charge is 0.482 e. The first-order chi connectivity index (χ1) is 4.23. The molecule has 0 atom stereocenters. The van der Waals surface area contributed by atoms with Crippen LogP contribution in [0.5, 0.6) is 0 Å². The third-order valence-corrected chi connectivity index (χ3v) is 0.487. The van der Waals surface area contributed by atoms with E-state index in [9.17, 15) is 13.2 Å². The number of aliphatic imine (C=N–C) groups is 1. The molecule has 0 radical (unpaired) electrons. The van der Waals surface area contributed by atoms with Gasteiger partial charge in [0.15, 0.2) is 6.40 Å². The number of rotatable bonds is 0. The third kappa shape index (κ3) is 11.1. The minimum atomic E-state index is -3.67. The Morgan fingerprint density at radius 1 is 1.44 bits per heavy atom. The summed E-state index contributed by atoms with van der Waals surface area (Å²) in [5.41, 5.74) is 0. The Hall–Kier alpha value is -0.740. The van der Waals surface area contributed by atoms with E-state index in [0.717, 1.165) is 13.2 Å². The normalized spacial score (nSPS) is 14.7. The molecule has 1 rings (SSSR count). The van der Waals surface area contributed by atoms with Crippen molar-refractivity contribution >= 4 is 6.40 Å². The second-order valence-corrected chi connectivity index (χ2v) is 1.13. The molecule has 0 N–H and O–H groups in total. The molecule has 0 aromatic rings. The van der Waals surface area contributed by atoms with Gasteiger partial charge in [-0.3, -0.25) is 4.99 Å². The quantitative estimate of drug-likeness (QED) is 0.497. The van der Waals surface area contributed by atoms with Crippen LogP contribution in [-0.2, 0) is 4.74 Å². The van der Waals surface area contributed by atoms with Crippen LogP contribution >= 0.6 is 0 Å². The Balaban J connectivity index is 0.000000148. The highest BCUT2D eigenvalue weighted by Crippen LogP contribution is 1.87. The van der Waals surface area contributed by atoms with Gasteiger partial charge in [0, 0.05) is 0 Å². The molecular formula is C4H6F3NO. The summed E-state index contributed by atoms with van der Waals surface area (Å²) in [7, 11) is 0. The minimum Gasteiger partial charge on any atom is -0.482 e. The van der Waals surface area contributed by atoms with Gasteiger partial charge in [0.05, 0.1) is 6.54 Å². The minimum absolute atomic E-state index is 0.778. The Bertz CT molecular complexity index is 77.1. The summed E-state index contributed by atoms with van der Waals surface area (Å²) in [4.78, 5) is 3.74. The van der Waals surface area contributed by atoms with Crippen LogP contribution in [0.3, 0.4) is 0 Å². The molecule has 0 saturated carbocycles. The van der Waals surface area contributed by atoms with Gasteiger partial charge in [0.1, 0.15) is 6.61 Å². The van der Waals surface area contributed by atoms with E-state index < -0.39 is 6.68 Å². The SMILES string of the molecule is C1=NCCO1.FC(F)F. The van der Waals surface area contributed by atoms with Crippen molar-refractivity contribution in [2.24, 2.45) is 4.99 Å².